The van der Waals surface area contributed by atoms with Gasteiger partial charge in [-0.15, -0.1) is 12.4 Å². The highest BCUT2D eigenvalue weighted by Crippen LogP contribution is 2.23. The van der Waals surface area contributed by atoms with E-state index in [1.807, 2.05) is 16.7 Å². The molecule has 1 fully saturated rings. The number of halogens is 1. The number of aromatic nitrogens is 2. The van der Waals surface area contributed by atoms with Crippen LogP contribution >= 0.6 is 24.2 Å². The first-order valence-corrected chi connectivity index (χ1v) is 8.67. The molecular formula is C14H23ClN4OS. The number of nitrogens with one attached hydrogen (secondary N) is 2. The summed E-state index contributed by atoms with van der Waals surface area (Å²) in [5.41, 5.74) is 2.84. The monoisotopic (exact) mass is 330 g/mol. The van der Waals surface area contributed by atoms with Gasteiger partial charge in [-0.25, -0.2) is 0 Å². The maximum atomic E-state index is 12.8. The molecular weight excluding hydrogens is 308 g/mol. The second kappa shape index (κ2) is 7.51. The van der Waals surface area contributed by atoms with Gasteiger partial charge in [0, 0.05) is 49.1 Å². The van der Waals surface area contributed by atoms with Crippen molar-refractivity contribution in [3.8, 4) is 0 Å². The number of hydrogen-bond acceptors (Lipinski definition) is 4. The Kier molecular flexibility index (Phi) is 5.96. The highest BCUT2D eigenvalue weighted by atomic mass is 35.5. The van der Waals surface area contributed by atoms with Crippen molar-refractivity contribution < 1.29 is 4.79 Å². The van der Waals surface area contributed by atoms with E-state index in [1.54, 1.807) is 0 Å². The summed E-state index contributed by atoms with van der Waals surface area (Å²) in [5, 5.41) is 11.2. The summed E-state index contributed by atoms with van der Waals surface area (Å²) in [6, 6.07) is 0. The van der Waals surface area contributed by atoms with Crippen LogP contribution < -0.4 is 5.32 Å². The van der Waals surface area contributed by atoms with Crippen LogP contribution in [0.1, 0.15) is 41.0 Å². The fourth-order valence-corrected chi connectivity index (χ4v) is 3.76. The number of carbonyl (C=O) groups excluding carboxylic acids is 1. The molecule has 3 rings (SSSR count). The van der Waals surface area contributed by atoms with Gasteiger partial charge in [-0.1, -0.05) is 6.42 Å². The quantitative estimate of drug-likeness (QED) is 0.868. The van der Waals surface area contributed by atoms with Crippen LogP contribution in [-0.2, 0) is 13.0 Å². The average molecular weight is 331 g/mol. The number of amides is 1. The molecule has 0 saturated carbocycles. The third-order valence-electron chi connectivity index (χ3n) is 4.26. The zero-order valence-electron chi connectivity index (χ0n) is 12.4. The van der Waals surface area contributed by atoms with Crippen LogP contribution in [0.3, 0.4) is 0 Å². The van der Waals surface area contributed by atoms with Gasteiger partial charge in [0.1, 0.15) is 0 Å². The largest absolute Gasteiger partial charge is 0.336 e. The number of thioether (sulfide) groups is 1. The zero-order chi connectivity index (χ0) is 13.9. The molecule has 118 valence electrons. The van der Waals surface area contributed by atoms with Gasteiger partial charge >= 0.3 is 0 Å². The lowest BCUT2D eigenvalue weighted by Gasteiger charge is -2.23. The number of nitrogens with zero attached hydrogens (tertiary/aromatic N) is 2. The Morgan fingerprint density at radius 2 is 2.29 bits per heavy atom. The molecule has 2 aliphatic heterocycles. The molecule has 1 saturated heterocycles. The maximum absolute atomic E-state index is 12.8. The Balaban J connectivity index is 0.00000161. The highest BCUT2D eigenvalue weighted by Gasteiger charge is 2.28. The fraction of sp³-hybridized carbons (Fsp3) is 0.714. The lowest BCUT2D eigenvalue weighted by Crippen LogP contribution is -2.36. The number of fused-ring (bicyclic) bond motifs is 1. The molecule has 3 heterocycles. The Labute approximate surface area is 136 Å². The van der Waals surface area contributed by atoms with E-state index < -0.39 is 0 Å². The first-order chi connectivity index (χ1) is 9.79. The van der Waals surface area contributed by atoms with Gasteiger partial charge in [-0.3, -0.25) is 9.89 Å². The smallest absolute Gasteiger partial charge is 0.274 e. The van der Waals surface area contributed by atoms with Crippen LogP contribution in [0, 0.1) is 0 Å². The lowest BCUT2D eigenvalue weighted by atomic mass is 10.1. The number of aromatic amines is 1. The molecule has 2 aliphatic rings. The molecule has 0 spiro atoms. The number of rotatable bonds is 2. The normalized spacial score (nSPS) is 22.1. The Morgan fingerprint density at radius 3 is 3.10 bits per heavy atom. The van der Waals surface area contributed by atoms with E-state index in [9.17, 15) is 4.79 Å². The van der Waals surface area contributed by atoms with Gasteiger partial charge in [-0.2, -0.15) is 16.9 Å². The van der Waals surface area contributed by atoms with Crippen molar-refractivity contribution in [3.05, 3.63) is 17.0 Å². The van der Waals surface area contributed by atoms with Crippen LogP contribution in [-0.4, -0.2) is 52.1 Å². The first kappa shape index (κ1) is 16.6. The van der Waals surface area contributed by atoms with Crippen molar-refractivity contribution >= 4 is 30.1 Å². The third-order valence-corrected chi connectivity index (χ3v) is 5.31. The molecule has 1 aromatic rings. The van der Waals surface area contributed by atoms with Crippen molar-refractivity contribution in [2.75, 3.05) is 25.9 Å². The number of H-pyrrole nitrogens is 1. The van der Waals surface area contributed by atoms with Crippen molar-refractivity contribution in [1.82, 2.24) is 20.4 Å². The van der Waals surface area contributed by atoms with Gasteiger partial charge in [0.2, 0.25) is 0 Å². The summed E-state index contributed by atoms with van der Waals surface area (Å²) in [7, 11) is 0. The van der Waals surface area contributed by atoms with Gasteiger partial charge in [0.05, 0.1) is 0 Å². The van der Waals surface area contributed by atoms with Gasteiger partial charge in [0.15, 0.2) is 5.69 Å². The predicted molar refractivity (Wildman–Crippen MR) is 88.3 cm³/mol. The zero-order valence-corrected chi connectivity index (χ0v) is 14.0. The summed E-state index contributed by atoms with van der Waals surface area (Å²) < 4.78 is 0. The summed E-state index contributed by atoms with van der Waals surface area (Å²) in [4.78, 5) is 14.8. The molecule has 21 heavy (non-hydrogen) atoms. The summed E-state index contributed by atoms with van der Waals surface area (Å²) >= 11 is 1.87. The minimum Gasteiger partial charge on any atom is -0.336 e. The van der Waals surface area contributed by atoms with Crippen LogP contribution in [0.15, 0.2) is 0 Å². The van der Waals surface area contributed by atoms with Gasteiger partial charge in [-0.05, 0) is 19.1 Å². The molecule has 0 aromatic carbocycles. The molecule has 0 radical (unpaired) electrons. The Hall–Kier alpha value is -0.720. The number of likely N-dealkylation sites (tertiary alicyclic amines) is 1. The van der Waals surface area contributed by atoms with E-state index in [1.165, 1.54) is 12.8 Å². The number of carbonyl (C=O) groups is 1. The molecule has 1 atom stereocenters. The minimum atomic E-state index is 0. The van der Waals surface area contributed by atoms with Crippen molar-refractivity contribution in [3.63, 3.8) is 0 Å². The van der Waals surface area contributed by atoms with Crippen LogP contribution in [0.2, 0.25) is 0 Å². The minimum absolute atomic E-state index is 0. The molecule has 1 unspecified atom stereocenters. The van der Waals surface area contributed by atoms with E-state index in [-0.39, 0.29) is 18.3 Å². The van der Waals surface area contributed by atoms with Crippen LogP contribution in [0.5, 0.6) is 0 Å². The first-order valence-electron chi connectivity index (χ1n) is 7.38. The molecule has 1 amide bonds. The van der Waals surface area contributed by atoms with E-state index in [0.29, 0.717) is 10.9 Å². The Morgan fingerprint density at radius 1 is 1.43 bits per heavy atom. The van der Waals surface area contributed by atoms with Crippen LogP contribution in [0.25, 0.3) is 0 Å². The maximum Gasteiger partial charge on any atom is 0.274 e. The second-order valence-corrected chi connectivity index (χ2v) is 6.70. The Bertz CT molecular complexity index is 493. The van der Waals surface area contributed by atoms with E-state index in [2.05, 4.69) is 21.8 Å². The average Bonchev–Trinajstić information content (AvgIpc) is 2.76. The molecule has 5 nitrogen and oxygen atoms in total. The van der Waals surface area contributed by atoms with Gasteiger partial charge in [0.25, 0.3) is 5.91 Å². The second-order valence-electron chi connectivity index (χ2n) is 5.56. The molecule has 0 aliphatic carbocycles. The summed E-state index contributed by atoms with van der Waals surface area (Å²) in [6.45, 7) is 3.44. The molecule has 7 heteroatoms. The molecule has 0 bridgehead atoms. The van der Waals surface area contributed by atoms with Crippen molar-refractivity contribution in [2.24, 2.45) is 0 Å². The third kappa shape index (κ3) is 3.55. The summed E-state index contributed by atoms with van der Waals surface area (Å²) in [6.07, 6.45) is 6.61. The molecule has 2 N–H and O–H groups in total. The van der Waals surface area contributed by atoms with Gasteiger partial charge < -0.3 is 10.2 Å². The van der Waals surface area contributed by atoms with E-state index in [4.69, 9.17) is 0 Å². The highest BCUT2D eigenvalue weighted by molar-refractivity contribution is 7.99. The predicted octanol–water partition coefficient (Wildman–Crippen LogP) is 1.83. The fourth-order valence-electron chi connectivity index (χ4n) is 3.03. The molecule has 1 aromatic heterocycles. The number of hydrogen-bond donors (Lipinski definition) is 2. The van der Waals surface area contributed by atoms with Crippen molar-refractivity contribution in [1.29, 1.82) is 0 Å². The van der Waals surface area contributed by atoms with E-state index >= 15 is 0 Å². The SMILES string of the molecule is CSC1CCCCN(C(=O)c2n[nH]c3c2CNCC3)C1.Cl. The van der Waals surface area contributed by atoms with E-state index in [0.717, 1.165) is 50.3 Å². The lowest BCUT2D eigenvalue weighted by molar-refractivity contribution is 0.0756. The topological polar surface area (TPSA) is 61.0 Å². The van der Waals surface area contributed by atoms with Crippen LogP contribution in [0.4, 0.5) is 0 Å². The van der Waals surface area contributed by atoms with Crippen molar-refractivity contribution in [2.45, 2.75) is 37.5 Å². The standard InChI is InChI=1S/C14H22N4OS.ClH/c1-20-10-4-2-3-7-18(9-10)14(19)13-11-8-15-6-5-12(11)16-17-13;/h10,15H,2-9H2,1H3,(H,16,17);1H. The summed E-state index contributed by atoms with van der Waals surface area (Å²) in [5.74, 6) is 0.104.